The minimum atomic E-state index is -2.15. The number of aliphatic hydroxyl groups is 1. The maximum absolute atomic E-state index is 11.1. The lowest BCUT2D eigenvalue weighted by atomic mass is 9.95. The summed E-state index contributed by atoms with van der Waals surface area (Å²) in [5.74, 6) is -2.07. The number of nitrogens with two attached hydrogens (primary N) is 1. The number of ether oxygens (including phenoxy) is 2. The van der Waals surface area contributed by atoms with Crippen LogP contribution in [0.3, 0.4) is 0 Å². The van der Waals surface area contributed by atoms with Crippen molar-refractivity contribution in [3.8, 4) is 0 Å². The smallest absolute Gasteiger partial charge is 0.340 e. The second-order valence-corrected chi connectivity index (χ2v) is 2.53. The zero-order valence-corrected chi connectivity index (χ0v) is 7.73. The van der Waals surface area contributed by atoms with Gasteiger partial charge in [0.05, 0.1) is 20.3 Å². The van der Waals surface area contributed by atoms with Gasteiger partial charge in [-0.3, -0.25) is 0 Å². The summed E-state index contributed by atoms with van der Waals surface area (Å²) in [5, 5.41) is 9.15. The molecule has 0 radical (unpaired) electrons. The molecule has 0 aliphatic heterocycles. The van der Waals surface area contributed by atoms with Crippen molar-refractivity contribution in [2.45, 2.75) is 18.6 Å². The van der Waals surface area contributed by atoms with Gasteiger partial charge in [0.1, 0.15) is 0 Å². The van der Waals surface area contributed by atoms with Gasteiger partial charge in [0.15, 0.2) is 0 Å². The number of rotatable bonds is 3. The molecule has 0 spiro atoms. The van der Waals surface area contributed by atoms with Crippen LogP contribution in [-0.4, -0.2) is 42.9 Å². The molecule has 13 heavy (non-hydrogen) atoms. The standard InChI is InChI=1S/C7H13NO5/c1-4(9)7(8,5(10)12-2)6(11)13-3/h4,9H,8H2,1-3H3/t4-/m1/s1. The van der Waals surface area contributed by atoms with E-state index in [1.54, 1.807) is 0 Å². The Bertz CT molecular complexity index is 197. The van der Waals surface area contributed by atoms with E-state index in [1.807, 2.05) is 0 Å². The second kappa shape index (κ2) is 4.20. The average Bonchev–Trinajstić information content (AvgIpc) is 2.13. The maximum atomic E-state index is 11.1. The van der Waals surface area contributed by atoms with Crippen LogP contribution < -0.4 is 5.73 Å². The van der Waals surface area contributed by atoms with Crippen LogP contribution >= 0.6 is 0 Å². The molecule has 0 unspecified atom stereocenters. The van der Waals surface area contributed by atoms with Gasteiger partial charge in [0.25, 0.3) is 0 Å². The molecule has 0 saturated heterocycles. The Morgan fingerprint density at radius 3 is 1.77 bits per heavy atom. The summed E-state index contributed by atoms with van der Waals surface area (Å²) in [6, 6.07) is 0. The van der Waals surface area contributed by atoms with Gasteiger partial charge in [-0.15, -0.1) is 0 Å². The summed E-state index contributed by atoms with van der Waals surface area (Å²) >= 11 is 0. The van der Waals surface area contributed by atoms with E-state index in [1.165, 1.54) is 6.92 Å². The Balaban J connectivity index is 4.94. The van der Waals surface area contributed by atoms with Gasteiger partial charge in [0.2, 0.25) is 5.54 Å². The maximum Gasteiger partial charge on any atom is 0.340 e. The van der Waals surface area contributed by atoms with Crippen LogP contribution in [0.5, 0.6) is 0 Å². The topological polar surface area (TPSA) is 98.9 Å². The molecule has 0 fully saturated rings. The van der Waals surface area contributed by atoms with E-state index >= 15 is 0 Å². The SMILES string of the molecule is COC(=O)C(N)(C(=O)OC)[C@@H](C)O. The minimum Gasteiger partial charge on any atom is -0.467 e. The summed E-state index contributed by atoms with van der Waals surface area (Å²) in [6.45, 7) is 1.20. The number of aliphatic hydroxyl groups excluding tert-OH is 1. The first-order chi connectivity index (χ1) is 5.91. The lowest BCUT2D eigenvalue weighted by Gasteiger charge is -2.25. The predicted octanol–water partition coefficient (Wildman–Crippen LogP) is -1.59. The highest BCUT2D eigenvalue weighted by atomic mass is 16.5. The molecule has 1 atom stereocenters. The summed E-state index contributed by atoms with van der Waals surface area (Å²) in [5.41, 5.74) is 3.20. The quantitative estimate of drug-likeness (QED) is 0.412. The normalized spacial score (nSPS) is 13.3. The van der Waals surface area contributed by atoms with Crippen molar-refractivity contribution in [2.75, 3.05) is 14.2 Å². The van der Waals surface area contributed by atoms with E-state index in [0.717, 1.165) is 14.2 Å². The van der Waals surface area contributed by atoms with E-state index in [0.29, 0.717) is 0 Å². The van der Waals surface area contributed by atoms with Gasteiger partial charge in [-0.05, 0) is 6.92 Å². The average molecular weight is 191 g/mol. The summed E-state index contributed by atoms with van der Waals surface area (Å²) in [4.78, 5) is 22.1. The van der Waals surface area contributed by atoms with Gasteiger partial charge in [-0.1, -0.05) is 0 Å². The molecule has 0 aliphatic rings. The Kier molecular flexibility index (Phi) is 3.83. The third kappa shape index (κ3) is 1.96. The van der Waals surface area contributed by atoms with E-state index in [2.05, 4.69) is 9.47 Å². The third-order valence-corrected chi connectivity index (χ3v) is 1.71. The van der Waals surface area contributed by atoms with Crippen molar-refractivity contribution < 1.29 is 24.2 Å². The van der Waals surface area contributed by atoms with Crippen LogP contribution in [0.1, 0.15) is 6.92 Å². The van der Waals surface area contributed by atoms with Gasteiger partial charge in [0, 0.05) is 0 Å². The Morgan fingerprint density at radius 2 is 1.62 bits per heavy atom. The lowest BCUT2D eigenvalue weighted by molar-refractivity contribution is -0.166. The molecule has 6 heteroatoms. The van der Waals surface area contributed by atoms with Crippen LogP contribution in [0.15, 0.2) is 0 Å². The van der Waals surface area contributed by atoms with Crippen molar-refractivity contribution in [1.82, 2.24) is 0 Å². The highest BCUT2D eigenvalue weighted by Gasteiger charge is 2.49. The largest absolute Gasteiger partial charge is 0.467 e. The zero-order valence-electron chi connectivity index (χ0n) is 7.73. The molecule has 0 heterocycles. The fourth-order valence-corrected chi connectivity index (χ4v) is 0.762. The summed E-state index contributed by atoms with van der Waals surface area (Å²) in [6.07, 6.45) is -1.38. The van der Waals surface area contributed by atoms with E-state index in [9.17, 15) is 9.59 Å². The van der Waals surface area contributed by atoms with E-state index < -0.39 is 23.6 Å². The molecule has 0 amide bonds. The Labute approximate surface area is 75.6 Å². The molecule has 0 aliphatic carbocycles. The fourth-order valence-electron chi connectivity index (χ4n) is 0.762. The minimum absolute atomic E-state index is 1.03. The van der Waals surface area contributed by atoms with Crippen molar-refractivity contribution in [3.63, 3.8) is 0 Å². The number of hydrogen-bond donors (Lipinski definition) is 2. The molecule has 76 valence electrons. The molecule has 0 aromatic heterocycles. The molecule has 0 aromatic carbocycles. The van der Waals surface area contributed by atoms with Gasteiger partial charge in [-0.2, -0.15) is 0 Å². The number of carbonyl (C=O) groups is 2. The van der Waals surface area contributed by atoms with Crippen LogP contribution in [0.4, 0.5) is 0 Å². The van der Waals surface area contributed by atoms with Gasteiger partial charge < -0.3 is 20.3 Å². The molecule has 0 bridgehead atoms. The van der Waals surface area contributed by atoms with Crippen molar-refractivity contribution in [2.24, 2.45) is 5.73 Å². The highest BCUT2D eigenvalue weighted by Crippen LogP contribution is 2.11. The Morgan fingerprint density at radius 1 is 1.31 bits per heavy atom. The van der Waals surface area contributed by atoms with E-state index in [4.69, 9.17) is 10.8 Å². The molecule has 0 saturated carbocycles. The van der Waals surface area contributed by atoms with Crippen molar-refractivity contribution in [1.29, 1.82) is 0 Å². The molecule has 3 N–H and O–H groups in total. The first-order valence-electron chi connectivity index (χ1n) is 3.55. The molecule has 6 nitrogen and oxygen atoms in total. The summed E-state index contributed by atoms with van der Waals surface area (Å²) < 4.78 is 8.55. The summed E-state index contributed by atoms with van der Waals surface area (Å²) in [7, 11) is 2.13. The monoisotopic (exact) mass is 191 g/mol. The number of hydrogen-bond acceptors (Lipinski definition) is 6. The number of methoxy groups -OCH3 is 2. The highest BCUT2D eigenvalue weighted by molar-refractivity contribution is 6.05. The van der Waals surface area contributed by atoms with Gasteiger partial charge >= 0.3 is 11.9 Å². The fraction of sp³-hybridized carbons (Fsp3) is 0.714. The first kappa shape index (κ1) is 11.9. The predicted molar refractivity (Wildman–Crippen MR) is 42.6 cm³/mol. The van der Waals surface area contributed by atoms with E-state index in [-0.39, 0.29) is 0 Å². The van der Waals surface area contributed by atoms with Crippen LogP contribution in [0.25, 0.3) is 0 Å². The molecule has 0 aromatic rings. The molecular formula is C7H13NO5. The molecular weight excluding hydrogens is 178 g/mol. The van der Waals surface area contributed by atoms with Gasteiger partial charge in [-0.25, -0.2) is 9.59 Å². The lowest BCUT2D eigenvalue weighted by Crippen LogP contribution is -2.63. The van der Waals surface area contributed by atoms with Crippen LogP contribution in [-0.2, 0) is 19.1 Å². The van der Waals surface area contributed by atoms with Crippen LogP contribution in [0, 0.1) is 0 Å². The van der Waals surface area contributed by atoms with Crippen molar-refractivity contribution >= 4 is 11.9 Å². The number of carbonyl (C=O) groups excluding carboxylic acids is 2. The second-order valence-electron chi connectivity index (χ2n) is 2.53. The zero-order chi connectivity index (χ0) is 10.6. The first-order valence-corrected chi connectivity index (χ1v) is 3.55. The van der Waals surface area contributed by atoms with Crippen molar-refractivity contribution in [3.05, 3.63) is 0 Å². The third-order valence-electron chi connectivity index (χ3n) is 1.71. The van der Waals surface area contributed by atoms with Crippen LogP contribution in [0.2, 0.25) is 0 Å². The molecule has 0 rings (SSSR count). The number of esters is 2. The Hall–Kier alpha value is -1.14.